The lowest BCUT2D eigenvalue weighted by Gasteiger charge is -2.37. The summed E-state index contributed by atoms with van der Waals surface area (Å²) in [5.74, 6) is 0.632. The molecule has 2 rings (SSSR count). The van der Waals surface area contributed by atoms with Gasteiger partial charge in [0.25, 0.3) is 0 Å². The Labute approximate surface area is 97.2 Å². The summed E-state index contributed by atoms with van der Waals surface area (Å²) in [6, 6.07) is 0.179. The van der Waals surface area contributed by atoms with Crippen molar-refractivity contribution in [3.63, 3.8) is 0 Å². The molecule has 2 aliphatic heterocycles. The van der Waals surface area contributed by atoms with Crippen LogP contribution in [0.25, 0.3) is 0 Å². The number of carbonyl (C=O) groups excluding carboxylic acids is 1. The first-order valence-corrected chi connectivity index (χ1v) is 6.38. The molecule has 0 aromatic heterocycles. The van der Waals surface area contributed by atoms with E-state index in [-0.39, 0.29) is 12.1 Å². The summed E-state index contributed by atoms with van der Waals surface area (Å²) in [5, 5.41) is 9.41. The van der Waals surface area contributed by atoms with Crippen LogP contribution in [-0.4, -0.2) is 53.2 Å². The van der Waals surface area contributed by atoms with Crippen molar-refractivity contribution in [3.8, 4) is 0 Å². The van der Waals surface area contributed by atoms with Crippen molar-refractivity contribution in [2.45, 2.75) is 38.7 Å². The lowest BCUT2D eigenvalue weighted by atomic mass is 10.0. The van der Waals surface area contributed by atoms with Crippen molar-refractivity contribution in [3.05, 3.63) is 0 Å². The fraction of sp³-hybridized carbons (Fsp3) is 0.917. The van der Waals surface area contributed by atoms with E-state index in [9.17, 15) is 9.90 Å². The maximum atomic E-state index is 12.2. The lowest BCUT2D eigenvalue weighted by molar-refractivity contribution is 0.0753. The second-order valence-electron chi connectivity index (χ2n) is 5.19. The third-order valence-corrected chi connectivity index (χ3v) is 3.66. The number of urea groups is 1. The maximum absolute atomic E-state index is 12.2. The monoisotopic (exact) mass is 226 g/mol. The molecular weight excluding hydrogens is 204 g/mol. The number of aliphatic hydroxyl groups excluding tert-OH is 1. The molecule has 2 saturated heterocycles. The van der Waals surface area contributed by atoms with Crippen LogP contribution in [0.1, 0.15) is 32.6 Å². The number of hydrogen-bond donors (Lipinski definition) is 1. The summed E-state index contributed by atoms with van der Waals surface area (Å²) in [7, 11) is 0. The summed E-state index contributed by atoms with van der Waals surface area (Å²) in [6.07, 6.45) is 3.63. The molecule has 2 fully saturated rings. The molecule has 0 bridgehead atoms. The number of piperidine rings is 2. The first-order chi connectivity index (χ1) is 7.66. The molecule has 92 valence electrons. The number of hydrogen-bond acceptors (Lipinski definition) is 2. The van der Waals surface area contributed by atoms with Gasteiger partial charge in [0.1, 0.15) is 0 Å². The fourth-order valence-corrected chi connectivity index (χ4v) is 2.62. The van der Waals surface area contributed by atoms with Crippen LogP contribution in [-0.2, 0) is 0 Å². The van der Waals surface area contributed by atoms with E-state index in [1.165, 1.54) is 6.42 Å². The quantitative estimate of drug-likeness (QED) is 0.676. The highest BCUT2D eigenvalue weighted by molar-refractivity contribution is 5.74. The summed E-state index contributed by atoms with van der Waals surface area (Å²) >= 11 is 0. The minimum absolute atomic E-state index is 0.179. The Morgan fingerprint density at radius 1 is 1.12 bits per heavy atom. The number of aliphatic hydroxyl groups is 1. The predicted octanol–water partition coefficient (Wildman–Crippen LogP) is 1.30. The van der Waals surface area contributed by atoms with Crippen LogP contribution in [0.4, 0.5) is 4.79 Å². The Morgan fingerprint density at radius 3 is 2.44 bits per heavy atom. The van der Waals surface area contributed by atoms with E-state index in [4.69, 9.17) is 0 Å². The van der Waals surface area contributed by atoms with Crippen molar-refractivity contribution in [2.75, 3.05) is 26.2 Å². The van der Waals surface area contributed by atoms with E-state index in [1.54, 1.807) is 0 Å². The molecule has 0 aliphatic carbocycles. The van der Waals surface area contributed by atoms with Gasteiger partial charge in [0, 0.05) is 26.2 Å². The number of amides is 2. The zero-order chi connectivity index (χ0) is 11.5. The number of carbonyl (C=O) groups is 1. The molecule has 4 nitrogen and oxygen atoms in total. The van der Waals surface area contributed by atoms with Gasteiger partial charge in [0.2, 0.25) is 0 Å². The van der Waals surface area contributed by atoms with Gasteiger partial charge in [-0.2, -0.15) is 0 Å². The molecule has 2 heterocycles. The first kappa shape index (κ1) is 11.7. The Hall–Kier alpha value is -0.770. The van der Waals surface area contributed by atoms with E-state index >= 15 is 0 Å². The molecule has 1 N–H and O–H groups in total. The molecule has 0 radical (unpaired) electrons. The molecule has 0 aromatic rings. The zero-order valence-corrected chi connectivity index (χ0v) is 10.1. The van der Waals surface area contributed by atoms with Gasteiger partial charge in [-0.3, -0.25) is 0 Å². The second-order valence-corrected chi connectivity index (χ2v) is 5.19. The van der Waals surface area contributed by atoms with Gasteiger partial charge in [-0.1, -0.05) is 6.92 Å². The standard InChI is InChI=1S/C12H22N2O2/c1-10-3-2-6-14(9-10)12(16)13-7-4-11(15)5-8-13/h10-11,15H,2-9H2,1H3. The van der Waals surface area contributed by atoms with Gasteiger partial charge in [-0.15, -0.1) is 0 Å². The Bertz CT molecular complexity index is 249. The summed E-state index contributed by atoms with van der Waals surface area (Å²) in [5.41, 5.74) is 0. The van der Waals surface area contributed by atoms with Crippen LogP contribution < -0.4 is 0 Å². The third kappa shape index (κ3) is 2.67. The summed E-state index contributed by atoms with van der Waals surface area (Å²) in [4.78, 5) is 16.0. The van der Waals surface area contributed by atoms with Crippen LogP contribution in [0, 0.1) is 5.92 Å². The minimum atomic E-state index is -0.204. The summed E-state index contributed by atoms with van der Waals surface area (Å²) < 4.78 is 0. The van der Waals surface area contributed by atoms with Crippen LogP contribution in [0.15, 0.2) is 0 Å². The van der Waals surface area contributed by atoms with Crippen molar-refractivity contribution in [1.82, 2.24) is 9.80 Å². The lowest BCUT2D eigenvalue weighted by Crippen LogP contribution is -2.50. The average molecular weight is 226 g/mol. The molecule has 1 atom stereocenters. The largest absolute Gasteiger partial charge is 0.393 e. The van der Waals surface area contributed by atoms with Gasteiger partial charge in [-0.25, -0.2) is 4.79 Å². The van der Waals surface area contributed by atoms with Crippen LogP contribution in [0.2, 0.25) is 0 Å². The highest BCUT2D eigenvalue weighted by Gasteiger charge is 2.27. The van der Waals surface area contributed by atoms with E-state index in [0.29, 0.717) is 19.0 Å². The number of nitrogens with zero attached hydrogens (tertiary/aromatic N) is 2. The average Bonchev–Trinajstić information content (AvgIpc) is 2.29. The molecular formula is C12H22N2O2. The van der Waals surface area contributed by atoms with Crippen molar-refractivity contribution in [2.24, 2.45) is 5.92 Å². The predicted molar refractivity (Wildman–Crippen MR) is 62.2 cm³/mol. The van der Waals surface area contributed by atoms with Crippen LogP contribution in [0.5, 0.6) is 0 Å². The van der Waals surface area contributed by atoms with E-state index in [1.807, 2.05) is 9.80 Å². The molecule has 0 aromatic carbocycles. The normalized spacial score (nSPS) is 28.2. The smallest absolute Gasteiger partial charge is 0.320 e. The Kier molecular flexibility index (Phi) is 3.69. The van der Waals surface area contributed by atoms with Crippen LogP contribution >= 0.6 is 0 Å². The third-order valence-electron chi connectivity index (χ3n) is 3.66. The maximum Gasteiger partial charge on any atom is 0.320 e. The van der Waals surface area contributed by atoms with Gasteiger partial charge in [-0.05, 0) is 31.6 Å². The molecule has 2 amide bonds. The topological polar surface area (TPSA) is 43.8 Å². The van der Waals surface area contributed by atoms with Crippen molar-refractivity contribution in [1.29, 1.82) is 0 Å². The SMILES string of the molecule is CC1CCCN(C(=O)N2CCC(O)CC2)C1. The van der Waals surface area contributed by atoms with E-state index in [0.717, 1.165) is 32.4 Å². The van der Waals surface area contributed by atoms with Crippen LogP contribution in [0.3, 0.4) is 0 Å². The number of likely N-dealkylation sites (tertiary alicyclic amines) is 2. The van der Waals surface area contributed by atoms with Gasteiger partial charge < -0.3 is 14.9 Å². The Balaban J connectivity index is 1.86. The highest BCUT2D eigenvalue weighted by atomic mass is 16.3. The van der Waals surface area contributed by atoms with Crippen molar-refractivity contribution < 1.29 is 9.90 Å². The molecule has 0 saturated carbocycles. The van der Waals surface area contributed by atoms with Gasteiger partial charge in [0.05, 0.1) is 6.10 Å². The van der Waals surface area contributed by atoms with Gasteiger partial charge in [0.15, 0.2) is 0 Å². The number of rotatable bonds is 0. The first-order valence-electron chi connectivity index (χ1n) is 6.38. The minimum Gasteiger partial charge on any atom is -0.393 e. The van der Waals surface area contributed by atoms with Gasteiger partial charge >= 0.3 is 6.03 Å². The van der Waals surface area contributed by atoms with E-state index in [2.05, 4.69) is 6.92 Å². The fourth-order valence-electron chi connectivity index (χ4n) is 2.62. The highest BCUT2D eigenvalue weighted by Crippen LogP contribution is 2.19. The summed E-state index contributed by atoms with van der Waals surface area (Å²) in [6.45, 7) is 5.44. The van der Waals surface area contributed by atoms with Crippen molar-refractivity contribution >= 4 is 6.03 Å². The second kappa shape index (κ2) is 5.04. The Morgan fingerprint density at radius 2 is 1.81 bits per heavy atom. The molecule has 16 heavy (non-hydrogen) atoms. The molecule has 1 unspecified atom stereocenters. The zero-order valence-electron chi connectivity index (χ0n) is 10.1. The molecule has 4 heteroatoms. The molecule has 0 spiro atoms. The molecule has 2 aliphatic rings. The van der Waals surface area contributed by atoms with E-state index < -0.39 is 0 Å².